The Labute approximate surface area is 191 Å². The molecule has 0 saturated carbocycles. The molecule has 0 aromatic rings. The van der Waals surface area contributed by atoms with E-state index in [1.165, 1.54) is 77.0 Å². The lowest BCUT2D eigenvalue weighted by molar-refractivity contribution is -0.808. The molecular formula is C26H47N3O2. The molecule has 1 heterocycles. The van der Waals surface area contributed by atoms with Gasteiger partial charge in [-0.15, -0.1) is 0 Å². The van der Waals surface area contributed by atoms with Crippen LogP contribution in [0.1, 0.15) is 117 Å². The summed E-state index contributed by atoms with van der Waals surface area (Å²) >= 11 is 0. The van der Waals surface area contributed by atoms with E-state index < -0.39 is 5.97 Å². The van der Waals surface area contributed by atoms with Crippen molar-refractivity contribution in [3.63, 3.8) is 0 Å². The molecule has 0 fully saturated rings. The van der Waals surface area contributed by atoms with Crippen molar-refractivity contribution in [1.82, 2.24) is 0 Å². The Kier molecular flexibility index (Phi) is 15.2. The summed E-state index contributed by atoms with van der Waals surface area (Å²) in [5.74, 6) is -0.245. The van der Waals surface area contributed by atoms with Crippen molar-refractivity contribution in [2.45, 2.75) is 123 Å². The first-order valence-corrected chi connectivity index (χ1v) is 12.8. The summed E-state index contributed by atoms with van der Waals surface area (Å²) in [6, 6.07) is 0. The molecule has 1 rings (SSSR count). The van der Waals surface area contributed by atoms with Crippen molar-refractivity contribution in [3.05, 3.63) is 24.6 Å². The number of hydrogen-bond donors (Lipinski definition) is 1. The number of hydrogen-bond acceptors (Lipinski definition) is 4. The Bertz CT molecular complexity index is 569. The third kappa shape index (κ3) is 11.6. The number of carboxylic acid groups (broad SMARTS) is 1. The van der Waals surface area contributed by atoms with Gasteiger partial charge in [0.1, 0.15) is 18.9 Å². The van der Waals surface area contributed by atoms with Crippen LogP contribution in [0, 0.1) is 0 Å². The molecule has 0 amide bonds. The molecule has 2 atom stereocenters. The zero-order valence-corrected chi connectivity index (χ0v) is 20.2. The Morgan fingerprint density at radius 1 is 0.968 bits per heavy atom. The number of amidine groups is 1. The van der Waals surface area contributed by atoms with Crippen molar-refractivity contribution >= 4 is 11.8 Å². The first-order chi connectivity index (χ1) is 15.0. The normalized spacial score (nSPS) is 19.3. The zero-order valence-electron chi connectivity index (χ0n) is 20.2. The van der Waals surface area contributed by atoms with E-state index in [2.05, 4.69) is 24.1 Å². The topological polar surface area (TPSA) is 78.5 Å². The second kappa shape index (κ2) is 17.1. The van der Waals surface area contributed by atoms with Crippen molar-refractivity contribution in [1.29, 1.82) is 0 Å². The lowest BCUT2D eigenvalue weighted by atomic mass is 10.1. The summed E-state index contributed by atoms with van der Waals surface area (Å²) in [5, 5.41) is 11.2. The number of carbonyl (C=O) groups excluding carboxylic acids is 1. The highest BCUT2D eigenvalue weighted by molar-refractivity contribution is 5.81. The fourth-order valence-electron chi connectivity index (χ4n) is 4.28. The van der Waals surface area contributed by atoms with Gasteiger partial charge in [-0.05, 0) is 32.1 Å². The fraction of sp³-hybridized carbons (Fsp3) is 0.769. The van der Waals surface area contributed by atoms with Crippen LogP contribution in [-0.4, -0.2) is 29.0 Å². The maximum Gasteiger partial charge on any atom is 0.209 e. The highest BCUT2D eigenvalue weighted by Gasteiger charge is 2.38. The van der Waals surface area contributed by atoms with Crippen LogP contribution in [0.2, 0.25) is 0 Å². The standard InChI is InChI=1S/C26H47N3O2/c1-3-4-5-6-7-8-9-10-11-12-13-14-15-16-17-18-19-20-25-28-21-22-29(25,24(2)27)23-26(30)31/h13-14,21-22,24H,3-12,15-20,23,27H2,1-2H3/b14-13+. The van der Waals surface area contributed by atoms with Crippen molar-refractivity contribution in [2.24, 2.45) is 10.7 Å². The Balaban J connectivity index is 2.00. The number of aliphatic carboxylic acids is 1. The summed E-state index contributed by atoms with van der Waals surface area (Å²) in [6.45, 7) is 3.96. The number of unbranched alkanes of at least 4 members (excludes halogenated alkanes) is 13. The lowest BCUT2D eigenvalue weighted by Crippen LogP contribution is -2.60. The average Bonchev–Trinajstić information content (AvgIpc) is 3.13. The van der Waals surface area contributed by atoms with Crippen LogP contribution in [0.15, 0.2) is 29.5 Å². The monoisotopic (exact) mass is 433 g/mol. The summed E-state index contributed by atoms with van der Waals surface area (Å²) in [4.78, 5) is 15.6. The van der Waals surface area contributed by atoms with Gasteiger partial charge in [0.05, 0.1) is 12.2 Å². The number of aliphatic imine (C=N–C) groups is 1. The molecular weight excluding hydrogens is 386 g/mol. The minimum absolute atomic E-state index is 0.101. The predicted molar refractivity (Wildman–Crippen MR) is 129 cm³/mol. The second-order valence-electron chi connectivity index (χ2n) is 9.09. The second-order valence-corrected chi connectivity index (χ2v) is 9.09. The van der Waals surface area contributed by atoms with Gasteiger partial charge in [-0.1, -0.05) is 83.3 Å². The molecule has 0 aromatic carbocycles. The number of carboxylic acids is 1. The quantitative estimate of drug-likeness (QED) is 0.155. The van der Waals surface area contributed by atoms with E-state index >= 15 is 0 Å². The Morgan fingerprint density at radius 2 is 1.48 bits per heavy atom. The number of quaternary nitrogens is 1. The molecule has 0 spiro atoms. The number of allylic oxidation sites excluding steroid dienone is 2. The van der Waals surface area contributed by atoms with Crippen LogP contribution >= 0.6 is 0 Å². The van der Waals surface area contributed by atoms with E-state index in [1.54, 1.807) is 12.4 Å². The molecule has 5 nitrogen and oxygen atoms in total. The van der Waals surface area contributed by atoms with Gasteiger partial charge in [0.25, 0.3) is 0 Å². The molecule has 0 aliphatic carbocycles. The summed E-state index contributed by atoms with van der Waals surface area (Å²) in [7, 11) is 0. The molecule has 5 heteroatoms. The molecule has 1 aliphatic rings. The van der Waals surface area contributed by atoms with Crippen LogP contribution in [0.3, 0.4) is 0 Å². The summed E-state index contributed by atoms with van der Waals surface area (Å²) < 4.78 is 0.101. The van der Waals surface area contributed by atoms with Crippen LogP contribution in [0.4, 0.5) is 0 Å². The van der Waals surface area contributed by atoms with Gasteiger partial charge in [0.15, 0.2) is 0 Å². The van der Waals surface area contributed by atoms with Gasteiger partial charge in [0.2, 0.25) is 5.84 Å². The van der Waals surface area contributed by atoms with Gasteiger partial charge in [-0.3, -0.25) is 5.73 Å². The van der Waals surface area contributed by atoms with Crippen molar-refractivity contribution < 1.29 is 14.4 Å². The smallest absolute Gasteiger partial charge is 0.209 e. The number of nitrogens with two attached hydrogens (primary N) is 1. The highest BCUT2D eigenvalue weighted by atomic mass is 16.4. The van der Waals surface area contributed by atoms with Gasteiger partial charge in [-0.25, -0.2) is 9.48 Å². The molecule has 0 radical (unpaired) electrons. The fourth-order valence-corrected chi connectivity index (χ4v) is 4.28. The first kappa shape index (κ1) is 27.6. The van der Waals surface area contributed by atoms with E-state index in [1.807, 2.05) is 6.92 Å². The zero-order chi connectivity index (χ0) is 22.8. The number of rotatable bonds is 20. The van der Waals surface area contributed by atoms with E-state index in [9.17, 15) is 9.90 Å². The van der Waals surface area contributed by atoms with Gasteiger partial charge in [-0.2, -0.15) is 0 Å². The molecule has 2 N–H and O–H groups in total. The molecule has 31 heavy (non-hydrogen) atoms. The third-order valence-corrected chi connectivity index (χ3v) is 6.32. The molecule has 2 unspecified atom stereocenters. The number of nitrogens with zero attached hydrogens (tertiary/aromatic N) is 2. The van der Waals surface area contributed by atoms with E-state index in [4.69, 9.17) is 5.73 Å². The molecule has 0 bridgehead atoms. The van der Waals surface area contributed by atoms with Crippen LogP contribution in [-0.2, 0) is 4.79 Å². The molecule has 0 aromatic heterocycles. The van der Waals surface area contributed by atoms with Crippen molar-refractivity contribution in [3.8, 4) is 0 Å². The average molecular weight is 434 g/mol. The van der Waals surface area contributed by atoms with E-state index in [-0.39, 0.29) is 17.2 Å². The molecule has 1 aliphatic heterocycles. The first-order valence-electron chi connectivity index (χ1n) is 12.8. The summed E-state index contributed by atoms with van der Waals surface area (Å²) in [5.41, 5.74) is 6.08. The maximum absolute atomic E-state index is 11.2. The highest BCUT2D eigenvalue weighted by Crippen LogP contribution is 2.23. The SMILES string of the molecule is CCCCCCCCCCC/C=C/CCCCCCC1=NC=C[N+]1(CC(=O)[O-])C(C)N. The van der Waals surface area contributed by atoms with E-state index in [0.717, 1.165) is 31.5 Å². The van der Waals surface area contributed by atoms with Gasteiger partial charge >= 0.3 is 0 Å². The van der Waals surface area contributed by atoms with Gasteiger partial charge in [0, 0.05) is 13.3 Å². The summed E-state index contributed by atoms with van der Waals surface area (Å²) in [6.07, 6.45) is 28.0. The predicted octanol–water partition coefficient (Wildman–Crippen LogP) is 5.56. The molecule has 0 saturated heterocycles. The molecule has 178 valence electrons. The Morgan fingerprint density at radius 3 is 2.00 bits per heavy atom. The minimum Gasteiger partial charge on any atom is -0.544 e. The minimum atomic E-state index is -1.09. The van der Waals surface area contributed by atoms with Crippen LogP contribution < -0.4 is 10.8 Å². The number of carbonyl (C=O) groups is 1. The maximum atomic E-state index is 11.2. The largest absolute Gasteiger partial charge is 0.544 e. The van der Waals surface area contributed by atoms with Crippen molar-refractivity contribution in [2.75, 3.05) is 6.54 Å². The van der Waals surface area contributed by atoms with Crippen LogP contribution in [0.5, 0.6) is 0 Å². The Hall–Kier alpha value is -1.46. The van der Waals surface area contributed by atoms with E-state index in [0.29, 0.717) is 0 Å². The lowest BCUT2D eigenvalue weighted by Gasteiger charge is -2.36. The van der Waals surface area contributed by atoms with Crippen LogP contribution in [0.25, 0.3) is 0 Å². The third-order valence-electron chi connectivity index (χ3n) is 6.32. The van der Waals surface area contributed by atoms with Gasteiger partial charge < -0.3 is 9.90 Å².